The molecule has 3 aromatic rings. The highest BCUT2D eigenvalue weighted by molar-refractivity contribution is 6.33. The van der Waals surface area contributed by atoms with Crippen molar-refractivity contribution in [2.24, 2.45) is 0 Å². The van der Waals surface area contributed by atoms with Gasteiger partial charge in [-0.25, -0.2) is 4.79 Å². The van der Waals surface area contributed by atoms with Crippen molar-refractivity contribution in [2.45, 2.75) is 0 Å². The molecule has 1 aromatic heterocycles. The van der Waals surface area contributed by atoms with Crippen LogP contribution in [0.2, 0.25) is 5.02 Å². The molecule has 1 heterocycles. The van der Waals surface area contributed by atoms with Crippen LogP contribution in [-0.2, 0) is 0 Å². The first-order valence-electron chi connectivity index (χ1n) is 7.47. The van der Waals surface area contributed by atoms with Gasteiger partial charge in [0.25, 0.3) is 0 Å². The van der Waals surface area contributed by atoms with Gasteiger partial charge in [-0.3, -0.25) is 0 Å². The Balaban J connectivity index is 1.74. The second kappa shape index (κ2) is 7.66. The van der Waals surface area contributed by atoms with Gasteiger partial charge >= 0.3 is 5.97 Å². The quantitative estimate of drug-likeness (QED) is 0.686. The predicted molar refractivity (Wildman–Crippen MR) is 96.8 cm³/mol. The molecule has 0 saturated heterocycles. The topological polar surface area (TPSA) is 102 Å². The van der Waals surface area contributed by atoms with E-state index in [-0.39, 0.29) is 10.6 Å². The molecule has 0 aliphatic carbocycles. The third-order valence-electron chi connectivity index (χ3n) is 3.49. The molecule has 0 amide bonds. The minimum Gasteiger partial charge on any atom is -0.497 e. The molecule has 0 atom stereocenters. The lowest BCUT2D eigenvalue weighted by molar-refractivity contribution is 0.0697. The van der Waals surface area contributed by atoms with Gasteiger partial charge in [0.2, 0.25) is 0 Å². The Morgan fingerprint density at radius 2 is 2.04 bits per heavy atom. The maximum absolute atomic E-state index is 11.0. The molecule has 8 nitrogen and oxygen atoms in total. The Bertz CT molecular complexity index is 953. The molecular weight excluding hydrogens is 358 g/mol. The number of methoxy groups -OCH3 is 1. The van der Waals surface area contributed by atoms with E-state index < -0.39 is 5.97 Å². The molecule has 2 N–H and O–H groups in total. The molecule has 0 radical (unpaired) electrons. The van der Waals surface area contributed by atoms with Crippen LogP contribution >= 0.6 is 11.6 Å². The Kier molecular flexibility index (Phi) is 5.14. The zero-order valence-corrected chi connectivity index (χ0v) is 14.4. The lowest BCUT2D eigenvalue weighted by Gasteiger charge is -2.05. The fourth-order valence-corrected chi connectivity index (χ4v) is 2.46. The molecule has 3 rings (SSSR count). The predicted octanol–water partition coefficient (Wildman–Crippen LogP) is 3.11. The van der Waals surface area contributed by atoms with Crippen LogP contribution in [0.25, 0.3) is 11.8 Å². The Labute approximate surface area is 153 Å². The van der Waals surface area contributed by atoms with E-state index in [0.29, 0.717) is 11.5 Å². The number of nitrogens with one attached hydrogen (secondary N) is 1. The largest absolute Gasteiger partial charge is 0.497 e. The van der Waals surface area contributed by atoms with E-state index >= 15 is 0 Å². The van der Waals surface area contributed by atoms with Gasteiger partial charge in [0, 0.05) is 18.0 Å². The van der Waals surface area contributed by atoms with Crippen molar-refractivity contribution in [1.29, 1.82) is 0 Å². The van der Waals surface area contributed by atoms with Crippen LogP contribution in [0.1, 0.15) is 16.2 Å². The summed E-state index contributed by atoms with van der Waals surface area (Å²) in [5.41, 5.74) is 1.47. The third-order valence-corrected chi connectivity index (χ3v) is 3.81. The van der Waals surface area contributed by atoms with E-state index in [1.807, 2.05) is 24.3 Å². The molecule has 0 aliphatic rings. The van der Waals surface area contributed by atoms with E-state index in [2.05, 4.69) is 20.8 Å². The average molecular weight is 372 g/mol. The van der Waals surface area contributed by atoms with Crippen molar-refractivity contribution >= 4 is 29.3 Å². The number of anilines is 1. The molecule has 132 valence electrons. The van der Waals surface area contributed by atoms with Gasteiger partial charge < -0.3 is 15.2 Å². The van der Waals surface area contributed by atoms with Gasteiger partial charge in [0.05, 0.1) is 23.4 Å². The molecular formula is C17H14ClN5O3. The van der Waals surface area contributed by atoms with Crippen LogP contribution in [0.3, 0.4) is 0 Å². The summed E-state index contributed by atoms with van der Waals surface area (Å²) >= 11 is 5.94. The van der Waals surface area contributed by atoms with Gasteiger partial charge in [0.1, 0.15) is 5.75 Å². The van der Waals surface area contributed by atoms with Gasteiger partial charge in [0.15, 0.2) is 5.82 Å². The van der Waals surface area contributed by atoms with Crippen molar-refractivity contribution in [3.8, 4) is 11.4 Å². The summed E-state index contributed by atoms with van der Waals surface area (Å²) in [5.74, 6) is 0.175. The van der Waals surface area contributed by atoms with Crippen molar-refractivity contribution in [2.75, 3.05) is 12.4 Å². The highest BCUT2D eigenvalue weighted by Gasteiger charge is 2.08. The number of hydrogen-bond acceptors (Lipinski definition) is 6. The van der Waals surface area contributed by atoms with Crippen molar-refractivity contribution in [3.05, 3.63) is 65.1 Å². The number of benzene rings is 2. The second-order valence-electron chi connectivity index (χ2n) is 5.12. The SMILES string of the molecule is COc1ccc(-n2nnnc2/C=C/Nc2ccc(C(=O)O)c(Cl)c2)cc1. The zero-order valence-electron chi connectivity index (χ0n) is 13.6. The van der Waals surface area contributed by atoms with E-state index in [9.17, 15) is 4.79 Å². The van der Waals surface area contributed by atoms with Crippen molar-refractivity contribution in [3.63, 3.8) is 0 Å². The highest BCUT2D eigenvalue weighted by Crippen LogP contribution is 2.21. The molecule has 0 spiro atoms. The van der Waals surface area contributed by atoms with Crippen LogP contribution in [0.4, 0.5) is 5.69 Å². The lowest BCUT2D eigenvalue weighted by atomic mass is 10.2. The van der Waals surface area contributed by atoms with Crippen LogP contribution in [-0.4, -0.2) is 38.4 Å². The standard InChI is InChI=1S/C17H14ClN5O3/c1-26-13-5-3-12(4-6-13)23-16(20-21-22-23)8-9-19-11-2-7-14(17(24)25)15(18)10-11/h2-10,19H,1H3,(H,24,25)/b9-8+. The molecule has 2 aromatic carbocycles. The van der Waals surface area contributed by atoms with Gasteiger partial charge in [-0.1, -0.05) is 11.6 Å². The van der Waals surface area contributed by atoms with Crippen LogP contribution < -0.4 is 10.1 Å². The second-order valence-corrected chi connectivity index (χ2v) is 5.53. The number of aromatic nitrogens is 4. The van der Waals surface area contributed by atoms with Gasteiger partial charge in [-0.2, -0.15) is 4.68 Å². The molecule has 9 heteroatoms. The summed E-state index contributed by atoms with van der Waals surface area (Å²) in [4.78, 5) is 11.0. The first kappa shape index (κ1) is 17.4. The minimum atomic E-state index is -1.07. The number of carboxylic acids is 1. The molecule has 0 fully saturated rings. The summed E-state index contributed by atoms with van der Waals surface area (Å²) in [5, 5.41) is 23.7. The first-order chi connectivity index (χ1) is 12.6. The summed E-state index contributed by atoms with van der Waals surface area (Å²) in [7, 11) is 1.60. The van der Waals surface area contributed by atoms with Gasteiger partial charge in [-0.15, -0.1) is 5.10 Å². The fourth-order valence-electron chi connectivity index (χ4n) is 2.20. The number of tetrazole rings is 1. The number of aromatic carboxylic acids is 1. The number of carboxylic acid groups (broad SMARTS) is 1. The molecule has 0 saturated carbocycles. The zero-order chi connectivity index (χ0) is 18.5. The minimum absolute atomic E-state index is 0.0460. The number of rotatable bonds is 6. The van der Waals surface area contributed by atoms with Crippen LogP contribution in [0.15, 0.2) is 48.7 Å². The molecule has 0 unspecified atom stereocenters. The number of carbonyl (C=O) groups is 1. The normalized spacial score (nSPS) is 10.8. The molecule has 26 heavy (non-hydrogen) atoms. The highest BCUT2D eigenvalue weighted by atomic mass is 35.5. The first-order valence-corrected chi connectivity index (χ1v) is 7.85. The maximum atomic E-state index is 11.0. The van der Waals surface area contributed by atoms with E-state index in [1.54, 1.807) is 30.1 Å². The monoisotopic (exact) mass is 371 g/mol. The number of halogens is 1. The maximum Gasteiger partial charge on any atom is 0.337 e. The Morgan fingerprint density at radius 3 is 2.69 bits per heavy atom. The van der Waals surface area contributed by atoms with Gasteiger partial charge in [-0.05, 0) is 52.9 Å². The van der Waals surface area contributed by atoms with Crippen LogP contribution in [0, 0.1) is 0 Å². The Hall–Kier alpha value is -3.39. The summed E-state index contributed by atoms with van der Waals surface area (Å²) in [6, 6.07) is 11.9. The van der Waals surface area contributed by atoms with E-state index in [0.717, 1.165) is 11.4 Å². The molecule has 0 aliphatic heterocycles. The van der Waals surface area contributed by atoms with Crippen molar-refractivity contribution < 1.29 is 14.6 Å². The number of ether oxygens (including phenoxy) is 1. The lowest BCUT2D eigenvalue weighted by Crippen LogP contribution is -2.00. The summed E-state index contributed by atoms with van der Waals surface area (Å²) < 4.78 is 6.70. The summed E-state index contributed by atoms with van der Waals surface area (Å²) in [6.45, 7) is 0. The average Bonchev–Trinajstić information content (AvgIpc) is 3.10. The van der Waals surface area contributed by atoms with E-state index in [4.69, 9.17) is 21.4 Å². The third kappa shape index (κ3) is 3.81. The number of hydrogen-bond donors (Lipinski definition) is 2. The van der Waals surface area contributed by atoms with E-state index in [1.165, 1.54) is 12.1 Å². The smallest absolute Gasteiger partial charge is 0.337 e. The molecule has 0 bridgehead atoms. The summed E-state index contributed by atoms with van der Waals surface area (Å²) in [6.07, 6.45) is 3.32. The van der Waals surface area contributed by atoms with Crippen LogP contribution in [0.5, 0.6) is 5.75 Å². The van der Waals surface area contributed by atoms with Crippen molar-refractivity contribution in [1.82, 2.24) is 20.2 Å². The Morgan fingerprint density at radius 1 is 1.27 bits per heavy atom. The number of nitrogens with zero attached hydrogens (tertiary/aromatic N) is 4. The fraction of sp³-hybridized carbons (Fsp3) is 0.0588.